The quantitative estimate of drug-likeness (QED) is 0.797. The molecule has 0 radical (unpaired) electrons. The van der Waals surface area contributed by atoms with Crippen LogP contribution in [0.1, 0.15) is 10.4 Å². The number of carboxylic acid groups (broad SMARTS) is 1. The van der Waals surface area contributed by atoms with Gasteiger partial charge in [0.15, 0.2) is 0 Å². The summed E-state index contributed by atoms with van der Waals surface area (Å²) < 4.78 is 6.43. The lowest BCUT2D eigenvalue weighted by molar-refractivity contribution is -0.137. The molecule has 0 aliphatic heterocycles. The molecule has 0 bridgehead atoms. The third-order valence-electron chi connectivity index (χ3n) is 2.96. The number of amides is 1. The van der Waals surface area contributed by atoms with E-state index < -0.39 is 5.97 Å². The first-order valence-electron chi connectivity index (χ1n) is 6.57. The monoisotopic (exact) mass is 304 g/mol. The van der Waals surface area contributed by atoms with E-state index in [9.17, 15) is 9.59 Å². The van der Waals surface area contributed by atoms with Crippen LogP contribution in [0.25, 0.3) is 5.69 Å². The van der Waals surface area contributed by atoms with E-state index in [1.807, 2.05) is 0 Å². The lowest BCUT2D eigenvalue weighted by Gasteiger charge is -2.20. The first kappa shape index (κ1) is 15.6. The molecule has 0 spiro atoms. The molecular formula is C14H16N4O4. The minimum Gasteiger partial charge on any atom is -0.480 e. The van der Waals surface area contributed by atoms with Crippen molar-refractivity contribution in [3.05, 3.63) is 42.5 Å². The van der Waals surface area contributed by atoms with E-state index in [-0.39, 0.29) is 25.6 Å². The minimum atomic E-state index is -1.07. The Labute approximate surface area is 126 Å². The highest BCUT2D eigenvalue weighted by Crippen LogP contribution is 2.11. The highest BCUT2D eigenvalue weighted by atomic mass is 16.5. The Balaban J connectivity index is 2.22. The molecule has 1 N–H and O–H groups in total. The number of nitrogens with zero attached hydrogens (tertiary/aromatic N) is 4. The zero-order valence-corrected chi connectivity index (χ0v) is 12.0. The van der Waals surface area contributed by atoms with Crippen LogP contribution in [0.4, 0.5) is 0 Å². The Morgan fingerprint density at radius 1 is 1.41 bits per heavy atom. The Bertz CT molecular complexity index is 642. The summed E-state index contributed by atoms with van der Waals surface area (Å²) in [6, 6.07) is 6.75. The fourth-order valence-corrected chi connectivity index (χ4v) is 1.92. The van der Waals surface area contributed by atoms with Gasteiger partial charge in [-0.3, -0.25) is 9.59 Å². The second-order valence-electron chi connectivity index (χ2n) is 4.50. The van der Waals surface area contributed by atoms with Crippen molar-refractivity contribution in [2.24, 2.45) is 0 Å². The summed E-state index contributed by atoms with van der Waals surface area (Å²) in [6.07, 6.45) is 2.91. The first-order valence-corrected chi connectivity index (χ1v) is 6.57. The first-order chi connectivity index (χ1) is 10.6. The van der Waals surface area contributed by atoms with Crippen LogP contribution >= 0.6 is 0 Å². The van der Waals surface area contributed by atoms with Crippen molar-refractivity contribution in [2.75, 3.05) is 26.8 Å². The molecule has 0 aliphatic carbocycles. The van der Waals surface area contributed by atoms with Crippen molar-refractivity contribution in [3.63, 3.8) is 0 Å². The number of aliphatic carboxylic acids is 1. The van der Waals surface area contributed by atoms with Crippen LogP contribution in [0.15, 0.2) is 36.9 Å². The zero-order valence-electron chi connectivity index (χ0n) is 12.0. The standard InChI is InChI=1S/C14H16N4O4/c1-22-6-5-17(8-13(19)20)14(21)11-3-2-4-12(7-11)18-10-15-9-16-18/h2-4,7,9-10H,5-6,8H2,1H3,(H,19,20). The molecule has 1 heterocycles. The van der Waals surface area contributed by atoms with Gasteiger partial charge in [0.1, 0.15) is 19.2 Å². The van der Waals surface area contributed by atoms with Crippen LogP contribution in [0.2, 0.25) is 0 Å². The summed E-state index contributed by atoms with van der Waals surface area (Å²) in [4.78, 5) is 28.5. The zero-order chi connectivity index (χ0) is 15.9. The van der Waals surface area contributed by atoms with E-state index in [1.54, 1.807) is 24.3 Å². The largest absolute Gasteiger partial charge is 0.480 e. The molecule has 8 heteroatoms. The molecule has 1 aromatic carbocycles. The van der Waals surface area contributed by atoms with Crippen molar-refractivity contribution in [1.82, 2.24) is 19.7 Å². The molecule has 2 aromatic rings. The summed E-state index contributed by atoms with van der Waals surface area (Å²) in [5.41, 5.74) is 1.05. The summed E-state index contributed by atoms with van der Waals surface area (Å²) in [5.74, 6) is -1.45. The number of rotatable bonds is 7. The number of benzene rings is 1. The molecular weight excluding hydrogens is 288 g/mol. The van der Waals surface area contributed by atoms with Crippen molar-refractivity contribution in [3.8, 4) is 5.69 Å². The average Bonchev–Trinajstić information content (AvgIpc) is 3.05. The normalized spacial score (nSPS) is 10.4. The Kier molecular flexibility index (Phi) is 5.21. The Morgan fingerprint density at radius 3 is 2.86 bits per heavy atom. The smallest absolute Gasteiger partial charge is 0.323 e. The lowest BCUT2D eigenvalue weighted by Crippen LogP contribution is -2.38. The Morgan fingerprint density at radius 2 is 2.23 bits per heavy atom. The molecule has 0 saturated carbocycles. The molecule has 0 unspecified atom stereocenters. The maximum Gasteiger partial charge on any atom is 0.323 e. The topological polar surface area (TPSA) is 97.6 Å². The predicted octanol–water partition coefficient (Wildman–Crippen LogP) is 0.440. The summed E-state index contributed by atoms with van der Waals surface area (Å²) in [6.45, 7) is 0.0900. The molecule has 0 atom stereocenters. The number of aromatic nitrogens is 3. The van der Waals surface area contributed by atoms with Gasteiger partial charge in [-0.1, -0.05) is 6.07 Å². The fourth-order valence-electron chi connectivity index (χ4n) is 1.92. The molecule has 22 heavy (non-hydrogen) atoms. The van der Waals surface area contributed by atoms with E-state index >= 15 is 0 Å². The van der Waals surface area contributed by atoms with Gasteiger partial charge < -0.3 is 14.7 Å². The maximum atomic E-state index is 12.5. The number of carboxylic acids is 1. The average molecular weight is 304 g/mol. The fraction of sp³-hybridized carbons (Fsp3) is 0.286. The molecule has 1 amide bonds. The molecule has 116 valence electrons. The van der Waals surface area contributed by atoms with Crippen LogP contribution in [-0.4, -0.2) is 63.5 Å². The van der Waals surface area contributed by atoms with Crippen molar-refractivity contribution in [2.45, 2.75) is 0 Å². The van der Waals surface area contributed by atoms with Gasteiger partial charge in [0.05, 0.1) is 12.3 Å². The lowest BCUT2D eigenvalue weighted by atomic mass is 10.1. The molecule has 1 aromatic heterocycles. The molecule has 2 rings (SSSR count). The van der Waals surface area contributed by atoms with Crippen LogP contribution in [0, 0.1) is 0 Å². The highest BCUT2D eigenvalue weighted by Gasteiger charge is 2.18. The molecule has 0 aliphatic rings. The van der Waals surface area contributed by atoms with Gasteiger partial charge in [-0.15, -0.1) is 0 Å². The van der Waals surface area contributed by atoms with Gasteiger partial charge >= 0.3 is 5.97 Å². The van der Waals surface area contributed by atoms with Crippen LogP contribution < -0.4 is 0 Å². The van der Waals surface area contributed by atoms with Crippen molar-refractivity contribution >= 4 is 11.9 Å². The second kappa shape index (κ2) is 7.32. The van der Waals surface area contributed by atoms with E-state index in [4.69, 9.17) is 9.84 Å². The number of hydrogen-bond donors (Lipinski definition) is 1. The van der Waals surface area contributed by atoms with Crippen LogP contribution in [-0.2, 0) is 9.53 Å². The SMILES string of the molecule is COCCN(CC(=O)O)C(=O)c1cccc(-n2cncn2)c1. The highest BCUT2D eigenvalue weighted by molar-refractivity contribution is 5.96. The van der Waals surface area contributed by atoms with Gasteiger partial charge in [-0.25, -0.2) is 9.67 Å². The van der Waals surface area contributed by atoms with Gasteiger partial charge in [-0.2, -0.15) is 5.10 Å². The van der Waals surface area contributed by atoms with E-state index in [0.29, 0.717) is 11.3 Å². The van der Waals surface area contributed by atoms with Gasteiger partial charge in [0.25, 0.3) is 5.91 Å². The number of hydrogen-bond acceptors (Lipinski definition) is 5. The number of ether oxygens (including phenoxy) is 1. The molecule has 0 saturated heterocycles. The van der Waals surface area contributed by atoms with E-state index in [1.165, 1.54) is 29.3 Å². The number of methoxy groups -OCH3 is 1. The van der Waals surface area contributed by atoms with E-state index in [2.05, 4.69) is 10.1 Å². The van der Waals surface area contributed by atoms with Crippen LogP contribution in [0.3, 0.4) is 0 Å². The third kappa shape index (κ3) is 3.89. The van der Waals surface area contributed by atoms with E-state index in [0.717, 1.165) is 0 Å². The van der Waals surface area contributed by atoms with Crippen molar-refractivity contribution < 1.29 is 19.4 Å². The third-order valence-corrected chi connectivity index (χ3v) is 2.96. The Hall–Kier alpha value is -2.74. The van der Waals surface area contributed by atoms with Gasteiger partial charge in [0, 0.05) is 19.2 Å². The predicted molar refractivity (Wildman–Crippen MR) is 76.8 cm³/mol. The summed E-state index contributed by atoms with van der Waals surface area (Å²) in [5, 5.41) is 12.9. The second-order valence-corrected chi connectivity index (χ2v) is 4.50. The molecule has 8 nitrogen and oxygen atoms in total. The van der Waals surface area contributed by atoms with Crippen molar-refractivity contribution in [1.29, 1.82) is 0 Å². The number of carbonyl (C=O) groups excluding carboxylic acids is 1. The maximum absolute atomic E-state index is 12.5. The van der Waals surface area contributed by atoms with Gasteiger partial charge in [-0.05, 0) is 18.2 Å². The summed E-state index contributed by atoms with van der Waals surface area (Å²) in [7, 11) is 1.49. The minimum absolute atomic E-state index is 0.204. The van der Waals surface area contributed by atoms with Gasteiger partial charge in [0.2, 0.25) is 0 Å². The van der Waals surface area contributed by atoms with Crippen LogP contribution in [0.5, 0.6) is 0 Å². The summed E-state index contributed by atoms with van der Waals surface area (Å²) >= 11 is 0. The molecule has 0 fully saturated rings. The number of carbonyl (C=O) groups is 2.